The van der Waals surface area contributed by atoms with E-state index in [-0.39, 0.29) is 12.5 Å². The molecule has 0 aliphatic carbocycles. The van der Waals surface area contributed by atoms with E-state index in [2.05, 4.69) is 48.2 Å². The molecule has 2 aromatic carbocycles. The van der Waals surface area contributed by atoms with Crippen LogP contribution in [0, 0.1) is 0 Å². The molecule has 0 atom stereocenters. The molecule has 0 unspecified atom stereocenters. The molecule has 0 aromatic heterocycles. The molecule has 0 bridgehead atoms. The zero-order chi connectivity index (χ0) is 17.1. The van der Waals surface area contributed by atoms with Crippen LogP contribution in [0.3, 0.4) is 0 Å². The van der Waals surface area contributed by atoms with Crippen molar-refractivity contribution in [1.29, 1.82) is 0 Å². The van der Waals surface area contributed by atoms with E-state index in [1.54, 1.807) is 0 Å². The van der Waals surface area contributed by atoms with E-state index in [9.17, 15) is 4.79 Å². The minimum Gasteiger partial charge on any atom is -0.378 e. The predicted octanol–water partition coefficient (Wildman–Crippen LogP) is 3.69. The summed E-state index contributed by atoms with van der Waals surface area (Å²) in [6.07, 6.45) is 0.929. The van der Waals surface area contributed by atoms with Crippen molar-refractivity contribution in [3.05, 3.63) is 48.0 Å². The summed E-state index contributed by atoms with van der Waals surface area (Å²) in [6.45, 7) is 3.44. The van der Waals surface area contributed by atoms with Crippen LogP contribution in [-0.2, 0) is 16.1 Å². The van der Waals surface area contributed by atoms with Gasteiger partial charge in [0.05, 0.1) is 6.61 Å². The van der Waals surface area contributed by atoms with Gasteiger partial charge in [-0.05, 0) is 41.8 Å². The molecule has 0 radical (unpaired) electrons. The summed E-state index contributed by atoms with van der Waals surface area (Å²) in [7, 11) is 4.07. The maximum absolute atomic E-state index is 12.2. The number of rotatable bonds is 4. The van der Waals surface area contributed by atoms with Gasteiger partial charge in [0.15, 0.2) is 0 Å². The second-order valence-corrected chi connectivity index (χ2v) is 6.32. The van der Waals surface area contributed by atoms with E-state index >= 15 is 0 Å². The zero-order valence-corrected chi connectivity index (χ0v) is 14.6. The normalized spacial score (nSPS) is 14.3. The van der Waals surface area contributed by atoms with Gasteiger partial charge in [0, 0.05) is 37.6 Å². The molecule has 1 aliphatic rings. The van der Waals surface area contributed by atoms with E-state index in [0.29, 0.717) is 6.61 Å². The Labute approximate surface area is 143 Å². The standard InChI is InChI=1S/C20H24N2O2/c1-4-11-22-19-10-7-16(12-17(19)13-24-14-20(22)23)15-5-8-18(9-6-15)21(2)3/h5-10,12H,4,11,13-14H2,1-3H3. The maximum Gasteiger partial charge on any atom is 0.252 e. The molecule has 4 heteroatoms. The molecule has 24 heavy (non-hydrogen) atoms. The molecule has 3 rings (SSSR count). The molecule has 0 N–H and O–H groups in total. The first-order valence-electron chi connectivity index (χ1n) is 8.39. The summed E-state index contributed by atoms with van der Waals surface area (Å²) >= 11 is 0. The highest BCUT2D eigenvalue weighted by Crippen LogP contribution is 2.31. The summed E-state index contributed by atoms with van der Waals surface area (Å²) in [5, 5.41) is 0. The summed E-state index contributed by atoms with van der Waals surface area (Å²) in [5.74, 6) is 0.0404. The fraction of sp³-hybridized carbons (Fsp3) is 0.350. The minimum atomic E-state index is 0.0404. The second-order valence-electron chi connectivity index (χ2n) is 6.32. The number of benzene rings is 2. The van der Waals surface area contributed by atoms with Crippen LogP contribution < -0.4 is 9.80 Å². The Morgan fingerprint density at radius 3 is 2.42 bits per heavy atom. The van der Waals surface area contributed by atoms with Crippen molar-refractivity contribution in [2.24, 2.45) is 0 Å². The molecule has 4 nitrogen and oxygen atoms in total. The fourth-order valence-corrected chi connectivity index (χ4v) is 3.03. The molecule has 0 fully saturated rings. The lowest BCUT2D eigenvalue weighted by Crippen LogP contribution is -2.33. The maximum atomic E-state index is 12.2. The van der Waals surface area contributed by atoms with Gasteiger partial charge in [0.25, 0.3) is 5.91 Å². The highest BCUT2D eigenvalue weighted by atomic mass is 16.5. The number of carbonyl (C=O) groups excluding carboxylic acids is 1. The summed E-state index contributed by atoms with van der Waals surface area (Å²) in [4.78, 5) is 16.2. The van der Waals surface area contributed by atoms with Crippen molar-refractivity contribution >= 4 is 17.3 Å². The molecule has 1 heterocycles. The quantitative estimate of drug-likeness (QED) is 0.860. The molecule has 0 saturated heterocycles. The third-order valence-electron chi connectivity index (χ3n) is 4.32. The van der Waals surface area contributed by atoms with Crippen molar-refractivity contribution in [2.45, 2.75) is 20.0 Å². The molecule has 2 aromatic rings. The Hall–Kier alpha value is -2.33. The van der Waals surface area contributed by atoms with Gasteiger partial charge in [0.1, 0.15) is 6.61 Å². The van der Waals surface area contributed by atoms with Crippen molar-refractivity contribution in [1.82, 2.24) is 0 Å². The van der Waals surface area contributed by atoms with Crippen molar-refractivity contribution in [3.63, 3.8) is 0 Å². The summed E-state index contributed by atoms with van der Waals surface area (Å²) in [5.41, 5.74) is 5.54. The summed E-state index contributed by atoms with van der Waals surface area (Å²) < 4.78 is 5.55. The second kappa shape index (κ2) is 7.05. The van der Waals surface area contributed by atoms with Crippen LogP contribution in [0.4, 0.5) is 11.4 Å². The van der Waals surface area contributed by atoms with Crippen LogP contribution >= 0.6 is 0 Å². The van der Waals surface area contributed by atoms with Crippen molar-refractivity contribution in [3.8, 4) is 11.1 Å². The first-order valence-corrected chi connectivity index (χ1v) is 8.39. The van der Waals surface area contributed by atoms with Gasteiger partial charge in [-0.1, -0.05) is 25.1 Å². The minimum absolute atomic E-state index is 0.0404. The molecule has 1 amide bonds. The SMILES string of the molecule is CCCN1C(=O)COCc2cc(-c3ccc(N(C)C)cc3)ccc21. The van der Waals surface area contributed by atoms with Crippen molar-refractivity contribution < 1.29 is 9.53 Å². The number of ether oxygens (including phenoxy) is 1. The molecule has 0 spiro atoms. The highest BCUT2D eigenvalue weighted by molar-refractivity contribution is 5.96. The fourth-order valence-electron chi connectivity index (χ4n) is 3.03. The average Bonchev–Trinajstić information content (AvgIpc) is 2.74. The van der Waals surface area contributed by atoms with Crippen LogP contribution in [0.25, 0.3) is 11.1 Å². The van der Waals surface area contributed by atoms with Crippen LogP contribution in [0.1, 0.15) is 18.9 Å². The van der Waals surface area contributed by atoms with Crippen LogP contribution in [0.15, 0.2) is 42.5 Å². The predicted molar refractivity (Wildman–Crippen MR) is 98.5 cm³/mol. The van der Waals surface area contributed by atoms with E-state index in [1.807, 2.05) is 25.1 Å². The number of hydrogen-bond acceptors (Lipinski definition) is 3. The molecule has 0 saturated carbocycles. The molecular weight excluding hydrogens is 300 g/mol. The van der Waals surface area contributed by atoms with E-state index in [0.717, 1.165) is 29.8 Å². The van der Waals surface area contributed by atoms with Gasteiger partial charge in [-0.3, -0.25) is 4.79 Å². The Morgan fingerprint density at radius 2 is 1.75 bits per heavy atom. The molecular formula is C20H24N2O2. The Kier molecular flexibility index (Phi) is 4.86. The van der Waals surface area contributed by atoms with E-state index in [1.165, 1.54) is 11.3 Å². The molecule has 1 aliphatic heterocycles. The molecule has 126 valence electrons. The van der Waals surface area contributed by atoms with Gasteiger partial charge < -0.3 is 14.5 Å². The van der Waals surface area contributed by atoms with Crippen LogP contribution in [-0.4, -0.2) is 33.2 Å². The smallest absolute Gasteiger partial charge is 0.252 e. The monoisotopic (exact) mass is 324 g/mol. The van der Waals surface area contributed by atoms with E-state index < -0.39 is 0 Å². The van der Waals surface area contributed by atoms with Gasteiger partial charge in [-0.15, -0.1) is 0 Å². The van der Waals surface area contributed by atoms with E-state index in [4.69, 9.17) is 4.74 Å². The lowest BCUT2D eigenvalue weighted by molar-refractivity contribution is -0.123. The number of hydrogen-bond donors (Lipinski definition) is 0. The lowest BCUT2D eigenvalue weighted by atomic mass is 10.0. The number of nitrogens with zero attached hydrogens (tertiary/aromatic N) is 2. The average molecular weight is 324 g/mol. The third kappa shape index (κ3) is 3.29. The highest BCUT2D eigenvalue weighted by Gasteiger charge is 2.22. The Bertz CT molecular complexity index is 723. The third-order valence-corrected chi connectivity index (χ3v) is 4.32. The lowest BCUT2D eigenvalue weighted by Gasteiger charge is -2.22. The number of amides is 1. The summed E-state index contributed by atoms with van der Waals surface area (Å²) in [6, 6.07) is 14.8. The van der Waals surface area contributed by atoms with Gasteiger partial charge >= 0.3 is 0 Å². The Balaban J connectivity index is 1.95. The Morgan fingerprint density at radius 1 is 1.04 bits per heavy atom. The van der Waals surface area contributed by atoms with Crippen LogP contribution in [0.2, 0.25) is 0 Å². The zero-order valence-electron chi connectivity index (χ0n) is 14.6. The number of carbonyl (C=O) groups is 1. The van der Waals surface area contributed by atoms with Gasteiger partial charge in [-0.25, -0.2) is 0 Å². The van der Waals surface area contributed by atoms with Crippen molar-refractivity contribution in [2.75, 3.05) is 37.0 Å². The number of fused-ring (bicyclic) bond motifs is 1. The van der Waals surface area contributed by atoms with Crippen LogP contribution in [0.5, 0.6) is 0 Å². The first kappa shape index (κ1) is 16.5. The topological polar surface area (TPSA) is 32.8 Å². The number of anilines is 2. The largest absolute Gasteiger partial charge is 0.378 e. The van der Waals surface area contributed by atoms with Gasteiger partial charge in [0.2, 0.25) is 0 Å². The van der Waals surface area contributed by atoms with Gasteiger partial charge in [-0.2, -0.15) is 0 Å². The first-order chi connectivity index (χ1) is 11.6.